The molecule has 0 saturated carbocycles. The monoisotopic (exact) mass is 484 g/mol. The summed E-state index contributed by atoms with van der Waals surface area (Å²) in [7, 11) is 0. The average molecular weight is 485 g/mol. The largest absolute Gasteiger partial charge is 0.507 e. The van der Waals surface area contributed by atoms with Crippen LogP contribution in [0.15, 0.2) is 72.6 Å². The van der Waals surface area contributed by atoms with E-state index < -0.39 is 17.7 Å². The first-order valence-corrected chi connectivity index (χ1v) is 12.3. The third-order valence-electron chi connectivity index (χ3n) is 6.36. The molecule has 1 N–H and O–H groups in total. The van der Waals surface area contributed by atoms with Gasteiger partial charge in [-0.15, -0.1) is 0 Å². The molecular formula is C30H32N2O4. The van der Waals surface area contributed by atoms with Gasteiger partial charge in [0, 0.05) is 24.5 Å². The number of ether oxygens (including phenoxy) is 1. The van der Waals surface area contributed by atoms with Gasteiger partial charge in [-0.05, 0) is 65.8 Å². The molecule has 1 fully saturated rings. The fraction of sp³-hybridized carbons (Fsp3) is 0.300. The van der Waals surface area contributed by atoms with Crippen LogP contribution in [0.1, 0.15) is 54.6 Å². The number of hydrogen-bond acceptors (Lipinski definition) is 5. The van der Waals surface area contributed by atoms with Crippen LogP contribution < -0.4 is 4.74 Å². The minimum atomic E-state index is -0.715. The maximum atomic E-state index is 13.3. The number of aliphatic hydroxyl groups is 1. The normalized spacial score (nSPS) is 17.1. The molecule has 4 rings (SSSR count). The Hall–Kier alpha value is -3.93. The van der Waals surface area contributed by atoms with Crippen LogP contribution in [0, 0.1) is 12.8 Å². The first kappa shape index (κ1) is 25.2. The Morgan fingerprint density at radius 2 is 1.83 bits per heavy atom. The Morgan fingerprint density at radius 1 is 1.08 bits per heavy atom. The number of aliphatic hydroxyl groups excluding tert-OH is 1. The van der Waals surface area contributed by atoms with Crippen LogP contribution >= 0.6 is 0 Å². The van der Waals surface area contributed by atoms with E-state index in [4.69, 9.17) is 4.74 Å². The predicted molar refractivity (Wildman–Crippen MR) is 139 cm³/mol. The molecule has 2 aromatic carbocycles. The number of likely N-dealkylation sites (tertiary alicyclic amines) is 1. The number of carbonyl (C=O) groups is 2. The summed E-state index contributed by atoms with van der Waals surface area (Å²) < 4.78 is 5.81. The molecule has 186 valence electrons. The van der Waals surface area contributed by atoms with Gasteiger partial charge in [0.15, 0.2) is 0 Å². The average Bonchev–Trinajstić information content (AvgIpc) is 3.12. The number of Topliss-reactive ketones (excluding diaryl/α,β-unsaturated/α-hetero) is 1. The lowest BCUT2D eigenvalue weighted by atomic mass is 9.93. The molecule has 1 amide bonds. The number of pyridine rings is 1. The molecule has 3 aromatic rings. The summed E-state index contributed by atoms with van der Waals surface area (Å²) in [4.78, 5) is 32.2. The molecular weight excluding hydrogens is 452 g/mol. The molecule has 1 aliphatic rings. The third-order valence-corrected chi connectivity index (χ3v) is 6.36. The molecule has 0 aliphatic carbocycles. The van der Waals surface area contributed by atoms with Crippen molar-refractivity contribution in [3.63, 3.8) is 0 Å². The van der Waals surface area contributed by atoms with Crippen molar-refractivity contribution in [3.8, 4) is 5.75 Å². The number of benzene rings is 2. The van der Waals surface area contributed by atoms with Crippen molar-refractivity contribution in [1.29, 1.82) is 0 Å². The topological polar surface area (TPSA) is 79.7 Å². The number of nitrogens with zero attached hydrogens (tertiary/aromatic N) is 2. The molecule has 1 atom stereocenters. The second-order valence-electron chi connectivity index (χ2n) is 9.56. The lowest BCUT2D eigenvalue weighted by molar-refractivity contribution is -0.140. The molecule has 1 saturated heterocycles. The van der Waals surface area contributed by atoms with E-state index in [1.54, 1.807) is 30.6 Å². The fourth-order valence-corrected chi connectivity index (χ4v) is 4.41. The van der Waals surface area contributed by atoms with Crippen LogP contribution in [-0.4, -0.2) is 33.3 Å². The van der Waals surface area contributed by atoms with Crippen LogP contribution in [0.4, 0.5) is 0 Å². The van der Waals surface area contributed by atoms with Crippen LogP contribution in [0.3, 0.4) is 0 Å². The molecule has 2 heterocycles. The number of hydrogen-bond donors (Lipinski definition) is 1. The van der Waals surface area contributed by atoms with Crippen LogP contribution in [0.2, 0.25) is 0 Å². The van der Waals surface area contributed by atoms with E-state index in [-0.39, 0.29) is 17.9 Å². The quantitative estimate of drug-likeness (QED) is 0.255. The molecule has 0 bridgehead atoms. The number of aryl methyl sites for hydroxylation is 2. The zero-order valence-corrected chi connectivity index (χ0v) is 21.2. The molecule has 1 aromatic heterocycles. The van der Waals surface area contributed by atoms with E-state index in [9.17, 15) is 14.7 Å². The number of ketones is 1. The van der Waals surface area contributed by atoms with Crippen LogP contribution in [-0.2, 0) is 22.6 Å². The molecule has 6 nitrogen and oxygen atoms in total. The van der Waals surface area contributed by atoms with Gasteiger partial charge >= 0.3 is 0 Å². The van der Waals surface area contributed by atoms with E-state index in [1.807, 2.05) is 43.3 Å². The first-order valence-electron chi connectivity index (χ1n) is 12.3. The van der Waals surface area contributed by atoms with E-state index in [2.05, 4.69) is 25.8 Å². The molecule has 0 spiro atoms. The molecule has 0 unspecified atom stereocenters. The molecule has 6 heteroatoms. The summed E-state index contributed by atoms with van der Waals surface area (Å²) >= 11 is 0. The second kappa shape index (κ2) is 10.8. The molecule has 0 radical (unpaired) electrons. The summed E-state index contributed by atoms with van der Waals surface area (Å²) in [5, 5.41) is 11.4. The summed E-state index contributed by atoms with van der Waals surface area (Å²) in [5.41, 5.74) is 4.07. The molecule has 36 heavy (non-hydrogen) atoms. The fourth-order valence-electron chi connectivity index (χ4n) is 4.41. The highest BCUT2D eigenvalue weighted by molar-refractivity contribution is 6.46. The lowest BCUT2D eigenvalue weighted by Crippen LogP contribution is -2.29. The lowest BCUT2D eigenvalue weighted by Gasteiger charge is -2.25. The van der Waals surface area contributed by atoms with Crippen molar-refractivity contribution in [2.24, 2.45) is 5.92 Å². The first-order chi connectivity index (χ1) is 17.3. The maximum Gasteiger partial charge on any atom is 0.295 e. The van der Waals surface area contributed by atoms with Crippen molar-refractivity contribution in [3.05, 3.63) is 100 Å². The number of aromatic nitrogens is 1. The van der Waals surface area contributed by atoms with Gasteiger partial charge in [0.1, 0.15) is 11.5 Å². The summed E-state index contributed by atoms with van der Waals surface area (Å²) in [6.45, 7) is 8.86. The van der Waals surface area contributed by atoms with Gasteiger partial charge < -0.3 is 14.7 Å². The third kappa shape index (κ3) is 5.18. The van der Waals surface area contributed by atoms with E-state index in [1.165, 1.54) is 4.90 Å². The molecule has 1 aliphatic heterocycles. The van der Waals surface area contributed by atoms with Crippen molar-refractivity contribution in [2.75, 3.05) is 6.61 Å². The van der Waals surface area contributed by atoms with Crippen molar-refractivity contribution < 1.29 is 19.4 Å². The zero-order chi connectivity index (χ0) is 25.8. The van der Waals surface area contributed by atoms with E-state index in [0.29, 0.717) is 23.8 Å². The number of amides is 1. The minimum Gasteiger partial charge on any atom is -0.507 e. The van der Waals surface area contributed by atoms with Gasteiger partial charge in [0.05, 0.1) is 18.2 Å². The highest BCUT2D eigenvalue weighted by Gasteiger charge is 2.46. The van der Waals surface area contributed by atoms with Crippen LogP contribution in [0.25, 0.3) is 5.76 Å². The van der Waals surface area contributed by atoms with Gasteiger partial charge in [-0.2, -0.15) is 0 Å². The van der Waals surface area contributed by atoms with Gasteiger partial charge in [-0.1, -0.05) is 51.1 Å². The predicted octanol–water partition coefficient (Wildman–Crippen LogP) is 5.61. The van der Waals surface area contributed by atoms with Gasteiger partial charge in [-0.25, -0.2) is 0 Å². The van der Waals surface area contributed by atoms with Crippen molar-refractivity contribution >= 4 is 17.4 Å². The highest BCUT2D eigenvalue weighted by atomic mass is 16.5. The highest BCUT2D eigenvalue weighted by Crippen LogP contribution is 2.41. The Balaban J connectivity index is 1.79. The van der Waals surface area contributed by atoms with E-state index >= 15 is 0 Å². The Kier molecular flexibility index (Phi) is 7.53. The Bertz CT molecular complexity index is 1280. The second-order valence-corrected chi connectivity index (χ2v) is 9.56. The Labute approximate surface area is 212 Å². The van der Waals surface area contributed by atoms with E-state index in [0.717, 1.165) is 28.7 Å². The van der Waals surface area contributed by atoms with Crippen molar-refractivity contribution in [1.82, 2.24) is 9.88 Å². The minimum absolute atomic E-state index is 0.0899. The SMILES string of the molecule is CCc1ccc([C@@H]2/C(=C(\O)c3ccc(OCC(C)C)cc3C)C(=O)C(=O)N2Cc2cccnc2)cc1. The Morgan fingerprint density at radius 3 is 2.44 bits per heavy atom. The number of rotatable bonds is 8. The summed E-state index contributed by atoms with van der Waals surface area (Å²) in [6, 6.07) is 16.1. The van der Waals surface area contributed by atoms with Gasteiger partial charge in [0.25, 0.3) is 11.7 Å². The van der Waals surface area contributed by atoms with Crippen LogP contribution in [0.5, 0.6) is 5.75 Å². The maximum absolute atomic E-state index is 13.3. The van der Waals surface area contributed by atoms with Gasteiger partial charge in [-0.3, -0.25) is 14.6 Å². The van der Waals surface area contributed by atoms with Gasteiger partial charge in [0.2, 0.25) is 0 Å². The number of carbonyl (C=O) groups excluding carboxylic acids is 2. The smallest absolute Gasteiger partial charge is 0.295 e. The van der Waals surface area contributed by atoms with Crippen molar-refractivity contribution in [2.45, 2.75) is 46.7 Å². The standard InChI is InChI=1S/C30H32N2O4/c1-5-21-8-10-23(11-9-21)27-26(29(34)30(35)32(27)17-22-7-6-14-31-16-22)28(33)25-13-12-24(15-20(25)4)36-18-19(2)3/h6-16,19,27,33H,5,17-18H2,1-4H3/b28-26+/t27-/m1/s1. The zero-order valence-electron chi connectivity index (χ0n) is 21.2. The summed E-state index contributed by atoms with van der Waals surface area (Å²) in [5.74, 6) is -0.436. The summed E-state index contributed by atoms with van der Waals surface area (Å²) in [6.07, 6.45) is 4.22.